The molecule has 0 aromatic rings. The Kier molecular flexibility index (Phi) is 47.1. The van der Waals surface area contributed by atoms with Gasteiger partial charge in [0.05, 0.1) is 4.75 Å². The lowest BCUT2D eigenvalue weighted by molar-refractivity contribution is 0.0347. The molecule has 732 valence electrons. The van der Waals surface area contributed by atoms with Gasteiger partial charge < -0.3 is 66.4 Å². The first-order valence-electron chi connectivity index (χ1n) is 48.3. The lowest BCUT2D eigenvalue weighted by Gasteiger charge is -2.53. The van der Waals surface area contributed by atoms with Crippen molar-refractivity contribution in [2.75, 3.05) is 99.1 Å². The van der Waals surface area contributed by atoms with Crippen LogP contribution in [0.25, 0.3) is 0 Å². The highest BCUT2D eigenvalue weighted by Gasteiger charge is 2.82. The minimum Gasteiger partial charge on any atom is -0.373 e. The van der Waals surface area contributed by atoms with Crippen LogP contribution < -0.4 is 0 Å². The van der Waals surface area contributed by atoms with Gasteiger partial charge in [0.1, 0.15) is 21.9 Å². The van der Waals surface area contributed by atoms with E-state index in [4.69, 9.17) is 66.4 Å². The molecule has 0 amide bonds. The van der Waals surface area contributed by atoms with Crippen molar-refractivity contribution in [3.8, 4) is 0 Å². The van der Waals surface area contributed by atoms with Crippen molar-refractivity contribution in [1.29, 1.82) is 0 Å². The smallest absolute Gasteiger partial charge is 0.373 e. The number of hydrogen-bond donors (Lipinski definition) is 0. The van der Waals surface area contributed by atoms with Gasteiger partial charge in [-0.25, -0.2) is 0 Å². The van der Waals surface area contributed by atoms with Gasteiger partial charge in [0.2, 0.25) is 0 Å². The van der Waals surface area contributed by atoms with E-state index in [9.17, 15) is 0 Å². The fourth-order valence-electron chi connectivity index (χ4n) is 25.7. The Morgan fingerprint density at radius 2 is 0.464 bits per heavy atom. The molecule has 40 heteroatoms. The Hall–Kier alpha value is 7.48. The third kappa shape index (κ3) is 21.7. The summed E-state index contributed by atoms with van der Waals surface area (Å²) in [6, 6.07) is 0. The highest BCUT2D eigenvalue weighted by molar-refractivity contribution is 9.33. The zero-order valence-electron chi connectivity index (χ0n) is 80.2. The van der Waals surface area contributed by atoms with Gasteiger partial charge in [-0.2, -0.15) is 0 Å². The molecule has 10 rings (SSSR count). The molecule has 0 spiro atoms. The molecule has 10 aliphatic carbocycles. The van der Waals surface area contributed by atoms with Gasteiger partial charge in [-0.05, 0) is 477 Å². The molecule has 15 nitrogen and oxygen atoms in total. The van der Waals surface area contributed by atoms with E-state index in [0.717, 1.165) is 83.5 Å². The van der Waals surface area contributed by atoms with Crippen LogP contribution in [-0.4, -0.2) is 178 Å². The highest BCUT2D eigenvalue weighted by Crippen LogP contribution is 2.84. The fraction of sp³-hybridized carbons (Fsp3) is 1.00. The standard InChI is InChI=1S/C85H162O15S20Si5/c1-24-67(22)45-46-73(101-111-113-103-80(62-68-47-52-75(80,25-2)57-68)121(86-30-7,87-31-8)88-32-9)74(23,102-112-114-104-81(63-69-48-53-76(81,26-3)58-69)122(89-33-10,90-34-11)91-35-12)85(108-118-115-105-82(64-70-49-54-77(82,27-4)59-70)123(92-36-13,93-37-14)94-38-15,109-119-116-106-83(65-71-50-55-78(83,28-5)60-71)124(95-39-16,96-40-17)97-41-18)110-120-117-107-84(66-72-51-56-79(84,29-6)61-72)125(98-42-19,99-43-20)100-44-21/h67-73H,24-66H2,1-23H3. The van der Waals surface area contributed by atoms with Gasteiger partial charge in [0.15, 0.2) is 3.41 Å². The summed E-state index contributed by atoms with van der Waals surface area (Å²) in [5.74, 6) is 3.51. The number of fused-ring (bicyclic) bond motifs is 10. The zero-order valence-corrected chi connectivity index (χ0v) is 102. The lowest BCUT2D eigenvalue weighted by atomic mass is 9.80. The average Bonchev–Trinajstić information content (AvgIpc) is 1.68. The van der Waals surface area contributed by atoms with Crippen LogP contribution in [0.2, 0.25) is 0 Å². The van der Waals surface area contributed by atoms with Crippen molar-refractivity contribution in [3.05, 3.63) is 0 Å². The molecule has 18 unspecified atom stereocenters. The Morgan fingerprint density at radius 1 is 0.264 bits per heavy atom. The predicted octanol–water partition coefficient (Wildman–Crippen LogP) is 32.6. The zero-order chi connectivity index (χ0) is 90.7. The summed E-state index contributed by atoms with van der Waals surface area (Å²) in [5, 5.41) is 0.100. The molecule has 0 heterocycles. The van der Waals surface area contributed by atoms with Gasteiger partial charge in [0, 0.05) is 104 Å². The molecule has 10 fully saturated rings. The lowest BCUT2D eigenvalue weighted by Crippen LogP contribution is -2.68. The molecule has 0 saturated heterocycles. The summed E-state index contributed by atoms with van der Waals surface area (Å²) in [7, 11) is 24.5. The molecule has 18 atom stereocenters. The van der Waals surface area contributed by atoms with Crippen molar-refractivity contribution in [2.45, 2.75) is 374 Å². The van der Waals surface area contributed by atoms with Gasteiger partial charge in [-0.1, -0.05) is 130 Å². The average molecular weight is 2210 g/mol. The van der Waals surface area contributed by atoms with Crippen LogP contribution in [-0.2, 0) is 66.4 Å². The molecule has 0 N–H and O–H groups in total. The molecular formula is C85H162O15S20Si5. The van der Waals surface area contributed by atoms with E-state index in [1.807, 2.05) is 98.3 Å². The molecule has 0 aliphatic heterocycles. The first-order chi connectivity index (χ1) is 60.3. The molecule has 125 heavy (non-hydrogen) atoms. The second kappa shape index (κ2) is 51.5. The van der Waals surface area contributed by atoms with Crippen LogP contribution in [0.3, 0.4) is 0 Å². The fourth-order valence-corrected chi connectivity index (χ4v) is 107. The van der Waals surface area contributed by atoms with E-state index in [0.29, 0.717) is 135 Å². The summed E-state index contributed by atoms with van der Waals surface area (Å²) in [5.41, 5.74) is 0.0776. The maximum Gasteiger partial charge on any atom is 0.519 e. The molecular weight excluding hydrogens is 2040 g/mol. The summed E-state index contributed by atoms with van der Waals surface area (Å²) < 4.78 is 107. The highest BCUT2D eigenvalue weighted by atomic mass is 33.7. The predicted molar refractivity (Wildman–Crippen MR) is 586 cm³/mol. The second-order valence-electron chi connectivity index (χ2n) is 36.4. The van der Waals surface area contributed by atoms with Crippen LogP contribution in [0.15, 0.2) is 0 Å². The first-order valence-corrected chi connectivity index (χ1v) is 81.1. The second-order valence-corrected chi connectivity index (χ2v) is 84.4. The SMILES string of the molecule is CCO[Si](OCC)(OCC)C1(SSSSC(CCC(C)CC)C(C)(SSSSC2([Si](OCC)(OCC)OCC)CC3CCC2(CC)C3)C(SSSSC2([Si](OCC)(OCC)OCC)CC3CCC2(CC)C3)(SSSSC2([Si](OCC)(OCC)OCC)CC3CCC2(CC)C3)SSSSC2([Si](OCC)(OCC)OCC)CC3CCC2(CC)C3)CC2CCC1(CC)C2. The Balaban J connectivity index is 1.20. The molecule has 0 radical (unpaired) electrons. The quantitative estimate of drug-likeness (QED) is 0.0247. The van der Waals surface area contributed by atoms with Crippen molar-refractivity contribution in [2.24, 2.45) is 62.6 Å². The Morgan fingerprint density at radius 3 is 0.648 bits per heavy atom. The largest absolute Gasteiger partial charge is 0.519 e. The summed E-state index contributed by atoms with van der Waals surface area (Å²) in [6.45, 7) is 60.7. The molecule has 10 bridgehead atoms. The topological polar surface area (TPSA) is 138 Å². The van der Waals surface area contributed by atoms with Gasteiger partial charge in [-0.3, -0.25) is 0 Å². The first kappa shape index (κ1) is 114. The van der Waals surface area contributed by atoms with E-state index < -0.39 is 52.2 Å². The number of rotatable bonds is 71. The summed E-state index contributed by atoms with van der Waals surface area (Å²) in [4.78, 5) is 0. The third-order valence-corrected chi connectivity index (χ3v) is 97.9. The maximum atomic E-state index is 7.32. The van der Waals surface area contributed by atoms with Crippen molar-refractivity contribution in [1.82, 2.24) is 0 Å². The summed E-state index contributed by atoms with van der Waals surface area (Å²) >= 11 is 0. The van der Waals surface area contributed by atoms with Crippen molar-refractivity contribution >= 4 is 250 Å². The van der Waals surface area contributed by atoms with Crippen molar-refractivity contribution in [3.63, 3.8) is 0 Å². The third-order valence-electron chi connectivity index (χ3n) is 31.2. The van der Waals surface area contributed by atoms with E-state index in [2.05, 4.69) is 267 Å². The minimum absolute atomic E-state index is 0.00678. The number of hydrogen-bond acceptors (Lipinski definition) is 35. The maximum absolute atomic E-state index is 7.32. The van der Waals surface area contributed by atoms with Gasteiger partial charge >= 0.3 is 44.0 Å². The van der Waals surface area contributed by atoms with E-state index in [-0.39, 0.29) is 54.2 Å². The van der Waals surface area contributed by atoms with E-state index in [1.165, 1.54) is 96.3 Å². The van der Waals surface area contributed by atoms with E-state index in [1.54, 1.807) is 0 Å². The monoisotopic (exact) mass is 2200 g/mol. The Labute approximate surface area is 842 Å². The van der Waals surface area contributed by atoms with Crippen LogP contribution in [0.4, 0.5) is 0 Å². The van der Waals surface area contributed by atoms with Crippen LogP contribution in [0.1, 0.15) is 339 Å². The minimum atomic E-state index is -3.41. The van der Waals surface area contributed by atoms with Gasteiger partial charge in [-0.15, -0.1) is 0 Å². The molecule has 10 aliphatic rings. The van der Waals surface area contributed by atoms with Crippen LogP contribution in [0.5, 0.6) is 0 Å². The van der Waals surface area contributed by atoms with Crippen LogP contribution in [0, 0.1) is 62.6 Å². The van der Waals surface area contributed by atoms with Crippen LogP contribution >= 0.6 is 206 Å². The Bertz CT molecular complexity index is 2970. The molecule has 0 aromatic heterocycles. The molecule has 10 saturated carbocycles. The molecule has 0 aromatic carbocycles. The summed E-state index contributed by atoms with van der Waals surface area (Å²) in [6.07, 6.45) is 31.9. The van der Waals surface area contributed by atoms with Gasteiger partial charge in [0.25, 0.3) is 0 Å². The normalized spacial score (nSPS) is 34.0. The van der Waals surface area contributed by atoms with Crippen molar-refractivity contribution < 1.29 is 66.4 Å². The van der Waals surface area contributed by atoms with E-state index >= 15 is 0 Å².